The quantitative estimate of drug-likeness (QED) is 0.728. The number of carbonyl (C=O) groups excluding carboxylic acids is 1. The molecule has 0 radical (unpaired) electrons. The summed E-state index contributed by atoms with van der Waals surface area (Å²) in [6, 6.07) is 0.500. The molecule has 3 unspecified atom stereocenters. The van der Waals surface area contributed by atoms with Crippen LogP contribution in [0.25, 0.3) is 0 Å². The minimum Gasteiger partial charge on any atom is -0.355 e. The van der Waals surface area contributed by atoms with E-state index in [4.69, 9.17) is 0 Å². The summed E-state index contributed by atoms with van der Waals surface area (Å²) >= 11 is 0. The highest BCUT2D eigenvalue weighted by molar-refractivity contribution is 5.81. The van der Waals surface area contributed by atoms with Crippen LogP contribution in [0.1, 0.15) is 52.9 Å². The summed E-state index contributed by atoms with van der Waals surface area (Å²) in [5.74, 6) is 1.00. The van der Waals surface area contributed by atoms with Gasteiger partial charge in [-0.15, -0.1) is 0 Å². The zero-order valence-corrected chi connectivity index (χ0v) is 10.9. The van der Waals surface area contributed by atoms with Gasteiger partial charge in [0.05, 0.1) is 6.04 Å². The molecule has 0 aliphatic heterocycles. The molecule has 3 heteroatoms. The van der Waals surface area contributed by atoms with E-state index in [2.05, 4.69) is 24.5 Å². The lowest BCUT2D eigenvalue weighted by molar-refractivity contribution is -0.122. The molecular formula is C13H26N2O. The molecule has 1 rings (SSSR count). The van der Waals surface area contributed by atoms with E-state index in [0.717, 1.165) is 18.9 Å². The molecule has 0 aromatic rings. The van der Waals surface area contributed by atoms with Crippen LogP contribution in [0.3, 0.4) is 0 Å². The van der Waals surface area contributed by atoms with E-state index < -0.39 is 0 Å². The SMILES string of the molecule is CCCNC(=O)C(C)NC1CCC(CC)C1. The lowest BCUT2D eigenvalue weighted by atomic mass is 10.1. The summed E-state index contributed by atoms with van der Waals surface area (Å²) in [4.78, 5) is 11.7. The third kappa shape index (κ3) is 4.12. The molecule has 0 bridgehead atoms. The molecule has 0 aromatic heterocycles. The molecule has 1 aliphatic rings. The average Bonchev–Trinajstić information content (AvgIpc) is 2.73. The Morgan fingerprint density at radius 3 is 2.69 bits per heavy atom. The maximum Gasteiger partial charge on any atom is 0.236 e. The lowest BCUT2D eigenvalue weighted by Crippen LogP contribution is -2.46. The predicted octanol–water partition coefficient (Wildman–Crippen LogP) is 2.07. The number of rotatable bonds is 6. The van der Waals surface area contributed by atoms with Crippen molar-refractivity contribution in [1.82, 2.24) is 10.6 Å². The number of amides is 1. The molecule has 1 aliphatic carbocycles. The van der Waals surface area contributed by atoms with E-state index in [1.54, 1.807) is 0 Å². The van der Waals surface area contributed by atoms with Gasteiger partial charge >= 0.3 is 0 Å². The monoisotopic (exact) mass is 226 g/mol. The van der Waals surface area contributed by atoms with E-state index >= 15 is 0 Å². The first-order valence-corrected chi connectivity index (χ1v) is 6.71. The first-order chi connectivity index (χ1) is 7.67. The van der Waals surface area contributed by atoms with Crippen molar-refractivity contribution in [3.63, 3.8) is 0 Å². The van der Waals surface area contributed by atoms with Gasteiger partial charge in [0.1, 0.15) is 0 Å². The van der Waals surface area contributed by atoms with Gasteiger partial charge in [0.25, 0.3) is 0 Å². The van der Waals surface area contributed by atoms with Gasteiger partial charge in [-0.05, 0) is 38.5 Å². The molecule has 94 valence electrons. The van der Waals surface area contributed by atoms with Gasteiger partial charge in [-0.25, -0.2) is 0 Å². The first-order valence-electron chi connectivity index (χ1n) is 6.71. The van der Waals surface area contributed by atoms with Crippen molar-refractivity contribution in [2.45, 2.75) is 65.0 Å². The highest BCUT2D eigenvalue weighted by Crippen LogP contribution is 2.27. The molecular weight excluding hydrogens is 200 g/mol. The molecule has 0 aromatic carbocycles. The Balaban J connectivity index is 2.23. The zero-order valence-electron chi connectivity index (χ0n) is 10.9. The predicted molar refractivity (Wildman–Crippen MR) is 67.3 cm³/mol. The minimum absolute atomic E-state index is 0.0489. The highest BCUT2D eigenvalue weighted by Gasteiger charge is 2.25. The van der Waals surface area contributed by atoms with Gasteiger partial charge in [0, 0.05) is 12.6 Å². The van der Waals surface area contributed by atoms with Crippen LogP contribution in [0.4, 0.5) is 0 Å². The molecule has 16 heavy (non-hydrogen) atoms. The van der Waals surface area contributed by atoms with Crippen molar-refractivity contribution < 1.29 is 4.79 Å². The Hall–Kier alpha value is -0.570. The molecule has 1 saturated carbocycles. The van der Waals surface area contributed by atoms with Crippen LogP contribution in [-0.4, -0.2) is 24.5 Å². The van der Waals surface area contributed by atoms with Crippen LogP contribution in [0, 0.1) is 5.92 Å². The number of hydrogen-bond donors (Lipinski definition) is 2. The van der Waals surface area contributed by atoms with Gasteiger partial charge in [0.15, 0.2) is 0 Å². The molecule has 0 saturated heterocycles. The van der Waals surface area contributed by atoms with Crippen LogP contribution in [-0.2, 0) is 4.79 Å². The summed E-state index contributed by atoms with van der Waals surface area (Å²) in [5, 5.41) is 6.37. The number of hydrogen-bond acceptors (Lipinski definition) is 2. The number of carbonyl (C=O) groups is 1. The van der Waals surface area contributed by atoms with Crippen LogP contribution in [0.15, 0.2) is 0 Å². The molecule has 3 nitrogen and oxygen atoms in total. The second-order valence-electron chi connectivity index (χ2n) is 4.96. The van der Waals surface area contributed by atoms with Gasteiger partial charge in [-0.1, -0.05) is 20.3 Å². The summed E-state index contributed by atoms with van der Waals surface area (Å²) < 4.78 is 0. The van der Waals surface area contributed by atoms with Crippen molar-refractivity contribution in [2.24, 2.45) is 5.92 Å². The van der Waals surface area contributed by atoms with Crippen molar-refractivity contribution in [3.8, 4) is 0 Å². The summed E-state index contributed by atoms with van der Waals surface area (Å²) in [6.07, 6.45) is 6.05. The Bertz CT molecular complexity index is 218. The van der Waals surface area contributed by atoms with Gasteiger partial charge in [0.2, 0.25) is 5.91 Å². The molecule has 1 fully saturated rings. The Labute approximate surface area is 99.4 Å². The molecule has 3 atom stereocenters. The molecule has 2 N–H and O–H groups in total. The normalized spacial score (nSPS) is 26.7. The first kappa shape index (κ1) is 13.5. The molecule has 0 heterocycles. The average molecular weight is 226 g/mol. The fourth-order valence-corrected chi connectivity index (χ4v) is 2.43. The zero-order chi connectivity index (χ0) is 12.0. The van der Waals surface area contributed by atoms with Crippen molar-refractivity contribution in [1.29, 1.82) is 0 Å². The standard InChI is InChI=1S/C13H26N2O/c1-4-8-14-13(16)10(3)15-12-7-6-11(5-2)9-12/h10-12,15H,4-9H2,1-3H3,(H,14,16). The van der Waals surface area contributed by atoms with Crippen molar-refractivity contribution in [2.75, 3.05) is 6.54 Å². The van der Waals surface area contributed by atoms with Crippen molar-refractivity contribution >= 4 is 5.91 Å². The van der Waals surface area contributed by atoms with Crippen molar-refractivity contribution in [3.05, 3.63) is 0 Å². The Morgan fingerprint density at radius 1 is 1.38 bits per heavy atom. The maximum atomic E-state index is 11.7. The topological polar surface area (TPSA) is 41.1 Å². The van der Waals surface area contributed by atoms with Crippen LogP contribution in [0.2, 0.25) is 0 Å². The number of nitrogens with one attached hydrogen (secondary N) is 2. The Kier molecular flexibility index (Phi) is 5.81. The van der Waals surface area contributed by atoms with E-state index in [1.807, 2.05) is 6.92 Å². The third-order valence-corrected chi connectivity index (χ3v) is 3.55. The fourth-order valence-electron chi connectivity index (χ4n) is 2.43. The van der Waals surface area contributed by atoms with Crippen LogP contribution >= 0.6 is 0 Å². The Morgan fingerprint density at radius 2 is 2.12 bits per heavy atom. The van der Waals surface area contributed by atoms with E-state index in [9.17, 15) is 4.79 Å². The second-order valence-corrected chi connectivity index (χ2v) is 4.96. The van der Waals surface area contributed by atoms with E-state index in [-0.39, 0.29) is 11.9 Å². The van der Waals surface area contributed by atoms with Gasteiger partial charge in [-0.3, -0.25) is 4.79 Å². The second kappa shape index (κ2) is 6.89. The highest BCUT2D eigenvalue weighted by atomic mass is 16.2. The maximum absolute atomic E-state index is 11.7. The lowest BCUT2D eigenvalue weighted by Gasteiger charge is -2.19. The van der Waals surface area contributed by atoms with Crippen LogP contribution < -0.4 is 10.6 Å². The third-order valence-electron chi connectivity index (χ3n) is 3.55. The summed E-state index contributed by atoms with van der Waals surface area (Å²) in [6.45, 7) is 7.07. The smallest absolute Gasteiger partial charge is 0.236 e. The van der Waals surface area contributed by atoms with Gasteiger partial charge in [-0.2, -0.15) is 0 Å². The minimum atomic E-state index is -0.0489. The molecule has 1 amide bonds. The van der Waals surface area contributed by atoms with Gasteiger partial charge < -0.3 is 10.6 Å². The molecule has 0 spiro atoms. The van der Waals surface area contributed by atoms with E-state index in [1.165, 1.54) is 25.7 Å². The van der Waals surface area contributed by atoms with Crippen LogP contribution in [0.5, 0.6) is 0 Å². The summed E-state index contributed by atoms with van der Waals surface area (Å²) in [5.41, 5.74) is 0. The summed E-state index contributed by atoms with van der Waals surface area (Å²) in [7, 11) is 0. The van der Waals surface area contributed by atoms with E-state index in [0.29, 0.717) is 6.04 Å². The fraction of sp³-hybridized carbons (Fsp3) is 0.923. The largest absolute Gasteiger partial charge is 0.355 e.